The molecule has 7 rings (SSSR count). The van der Waals surface area contributed by atoms with Crippen molar-refractivity contribution in [2.45, 2.75) is 46.0 Å². The van der Waals surface area contributed by atoms with E-state index >= 15 is 0 Å². The molecular weight excluding hydrogens is 627 g/mol. The lowest BCUT2D eigenvalue weighted by atomic mass is 9.99. The fourth-order valence-corrected chi connectivity index (χ4v) is 6.19. The van der Waals surface area contributed by atoms with Gasteiger partial charge >= 0.3 is 0 Å². The minimum atomic E-state index is -1.16. The van der Waals surface area contributed by atoms with Crippen molar-refractivity contribution in [2.75, 3.05) is 10.6 Å². The van der Waals surface area contributed by atoms with Crippen LogP contribution in [0.1, 0.15) is 24.5 Å². The Morgan fingerprint density at radius 3 is 2.16 bits per heavy atom. The molecule has 0 spiro atoms. The van der Waals surface area contributed by atoms with E-state index in [-0.39, 0.29) is 29.9 Å². The van der Waals surface area contributed by atoms with Gasteiger partial charge in [-0.25, -0.2) is 14.4 Å². The van der Waals surface area contributed by atoms with Gasteiger partial charge in [0.15, 0.2) is 0 Å². The van der Waals surface area contributed by atoms with Crippen molar-refractivity contribution in [3.63, 3.8) is 0 Å². The van der Waals surface area contributed by atoms with Gasteiger partial charge in [0, 0.05) is 95.4 Å². The molecule has 49 heavy (non-hydrogen) atoms. The van der Waals surface area contributed by atoms with Crippen LogP contribution in [0.4, 0.5) is 16.0 Å². The lowest BCUT2D eigenvalue weighted by Gasteiger charge is -2.17. The zero-order chi connectivity index (χ0) is 34.2. The Morgan fingerprint density at radius 2 is 1.49 bits per heavy atom. The third kappa shape index (κ3) is 5.94. The molecule has 1 saturated carbocycles. The summed E-state index contributed by atoms with van der Waals surface area (Å²) in [5.74, 6) is -0.593. The molecule has 1 fully saturated rings. The Morgan fingerprint density at radius 1 is 0.878 bits per heavy atom. The van der Waals surface area contributed by atoms with E-state index in [0.717, 1.165) is 11.1 Å². The fraction of sp³-hybridized carbons (Fsp3) is 0.222. The molecule has 246 valence electrons. The van der Waals surface area contributed by atoms with Crippen molar-refractivity contribution in [3.8, 4) is 22.3 Å². The number of alkyl halides is 1. The van der Waals surface area contributed by atoms with Crippen LogP contribution >= 0.6 is 0 Å². The van der Waals surface area contributed by atoms with Gasteiger partial charge in [0.05, 0.1) is 17.0 Å². The summed E-state index contributed by atoms with van der Waals surface area (Å²) in [4.78, 5) is 68.9. The Bertz CT molecular complexity index is 2410. The number of anilines is 2. The number of carbonyl (C=O) groups is 2. The smallest absolute Gasteiger partial charge is 0.259 e. The SMILES string of the molecule is CCn1c(=O)c(-c2cnccc2CCn2c(=O)c(-c3cnccc3C)cc3cnc(NC(=O)C4CC4F)cc32)cc2cnc(NC=O)cc21. The van der Waals surface area contributed by atoms with Gasteiger partial charge in [0.2, 0.25) is 12.3 Å². The maximum Gasteiger partial charge on any atom is 0.259 e. The molecule has 6 aromatic rings. The third-order valence-electron chi connectivity index (χ3n) is 8.92. The van der Waals surface area contributed by atoms with Crippen LogP contribution in [0.3, 0.4) is 0 Å². The van der Waals surface area contributed by atoms with Gasteiger partial charge in [-0.15, -0.1) is 0 Å². The molecule has 2 atom stereocenters. The second-order valence-electron chi connectivity index (χ2n) is 12.0. The number of halogens is 1. The van der Waals surface area contributed by atoms with Crippen LogP contribution in [-0.2, 0) is 29.1 Å². The Hall–Kier alpha value is -6.11. The van der Waals surface area contributed by atoms with Crippen LogP contribution in [0.25, 0.3) is 44.1 Å². The van der Waals surface area contributed by atoms with E-state index in [2.05, 4.69) is 30.6 Å². The average molecular weight is 659 g/mol. The molecule has 6 heterocycles. The van der Waals surface area contributed by atoms with Gasteiger partial charge in [-0.1, -0.05) is 0 Å². The summed E-state index contributed by atoms with van der Waals surface area (Å²) in [5.41, 5.74) is 4.50. The lowest BCUT2D eigenvalue weighted by Crippen LogP contribution is -2.25. The van der Waals surface area contributed by atoms with Crippen molar-refractivity contribution < 1.29 is 14.0 Å². The van der Waals surface area contributed by atoms with E-state index in [0.29, 0.717) is 69.3 Å². The number of rotatable bonds is 10. The number of hydrogen-bond acceptors (Lipinski definition) is 8. The van der Waals surface area contributed by atoms with E-state index in [1.165, 1.54) is 0 Å². The van der Waals surface area contributed by atoms with E-state index in [4.69, 9.17) is 0 Å². The second-order valence-corrected chi connectivity index (χ2v) is 12.0. The first kappa shape index (κ1) is 31.5. The quantitative estimate of drug-likeness (QED) is 0.202. The highest BCUT2D eigenvalue weighted by molar-refractivity contribution is 5.96. The van der Waals surface area contributed by atoms with Crippen molar-refractivity contribution in [2.24, 2.45) is 5.92 Å². The number of aryl methyl sites for hydroxylation is 4. The van der Waals surface area contributed by atoms with Crippen LogP contribution in [0.15, 0.2) is 83.2 Å². The Kier molecular flexibility index (Phi) is 8.24. The standard InChI is InChI=1S/C36H31FN8O4/c1-3-44-30-13-32(42-19-46)40-15-22(30)11-25(35(44)48)28-18-39-8-5-21(28)6-9-45-31-14-33(43-34(47)26-12-29(26)37)41-16-23(31)10-24(36(45)49)27-17-38-7-4-20(27)2/h4-5,7-8,10-11,13-19,26,29H,3,6,9,12H2,1-2H3,(H,40,42,46)(H,41,43,47). The largest absolute Gasteiger partial charge is 0.313 e. The van der Waals surface area contributed by atoms with Crippen LogP contribution in [-0.4, -0.2) is 47.6 Å². The molecular formula is C36H31FN8O4. The van der Waals surface area contributed by atoms with Crippen molar-refractivity contribution >= 4 is 45.8 Å². The summed E-state index contributed by atoms with van der Waals surface area (Å²) in [7, 11) is 0. The first-order valence-corrected chi connectivity index (χ1v) is 15.8. The molecule has 0 bridgehead atoms. The van der Waals surface area contributed by atoms with Gasteiger partial charge in [-0.3, -0.25) is 29.1 Å². The number of pyridine rings is 6. The minimum absolute atomic E-state index is 0.182. The number of nitrogens with one attached hydrogen (secondary N) is 2. The normalized spacial score (nSPS) is 15.3. The zero-order valence-corrected chi connectivity index (χ0v) is 26.7. The van der Waals surface area contributed by atoms with E-state index in [1.54, 1.807) is 70.6 Å². The topological polar surface area (TPSA) is 154 Å². The number of aromatic nitrogens is 6. The highest BCUT2D eigenvalue weighted by Gasteiger charge is 2.43. The molecule has 12 nitrogen and oxygen atoms in total. The zero-order valence-electron chi connectivity index (χ0n) is 26.7. The maximum atomic E-state index is 14.2. The van der Waals surface area contributed by atoms with E-state index in [9.17, 15) is 23.6 Å². The van der Waals surface area contributed by atoms with Crippen molar-refractivity contribution in [1.29, 1.82) is 0 Å². The summed E-state index contributed by atoms with van der Waals surface area (Å²) < 4.78 is 16.8. The molecule has 1 aliphatic rings. The van der Waals surface area contributed by atoms with Gasteiger partial charge in [0.25, 0.3) is 11.1 Å². The summed E-state index contributed by atoms with van der Waals surface area (Å²) >= 11 is 0. The molecule has 6 aromatic heterocycles. The highest BCUT2D eigenvalue weighted by atomic mass is 19.1. The molecule has 0 saturated heterocycles. The monoisotopic (exact) mass is 658 g/mol. The second kappa shape index (κ2) is 12.8. The lowest BCUT2D eigenvalue weighted by molar-refractivity contribution is -0.117. The Labute approximate surface area is 278 Å². The molecule has 2 amide bonds. The molecule has 2 unspecified atom stereocenters. The van der Waals surface area contributed by atoms with Crippen LogP contribution in [0.2, 0.25) is 0 Å². The van der Waals surface area contributed by atoms with Crippen molar-refractivity contribution in [1.82, 2.24) is 29.1 Å². The average Bonchev–Trinajstić information content (AvgIpc) is 3.85. The molecule has 2 N–H and O–H groups in total. The molecule has 13 heteroatoms. The molecule has 0 aliphatic heterocycles. The minimum Gasteiger partial charge on any atom is -0.313 e. The summed E-state index contributed by atoms with van der Waals surface area (Å²) in [6.07, 6.45) is 9.69. The predicted molar refractivity (Wildman–Crippen MR) is 184 cm³/mol. The van der Waals surface area contributed by atoms with Gasteiger partial charge in [-0.2, -0.15) is 0 Å². The number of carbonyl (C=O) groups excluding carboxylic acids is 2. The van der Waals surface area contributed by atoms with E-state index in [1.807, 2.05) is 26.0 Å². The van der Waals surface area contributed by atoms with E-state index < -0.39 is 18.0 Å². The van der Waals surface area contributed by atoms with Gasteiger partial charge < -0.3 is 19.8 Å². The summed E-state index contributed by atoms with van der Waals surface area (Å²) in [6, 6.07) is 10.5. The number of hydrogen-bond donors (Lipinski definition) is 2. The molecule has 0 aromatic carbocycles. The number of fused-ring (bicyclic) bond motifs is 2. The Balaban J connectivity index is 1.31. The highest BCUT2D eigenvalue weighted by Crippen LogP contribution is 2.35. The molecule has 1 aliphatic carbocycles. The molecule has 0 radical (unpaired) electrons. The maximum absolute atomic E-state index is 14.2. The summed E-state index contributed by atoms with van der Waals surface area (Å²) in [5, 5.41) is 6.58. The van der Waals surface area contributed by atoms with Crippen LogP contribution in [0, 0.1) is 12.8 Å². The van der Waals surface area contributed by atoms with Gasteiger partial charge in [0.1, 0.15) is 17.8 Å². The van der Waals surface area contributed by atoms with Gasteiger partial charge in [-0.05, 0) is 62.1 Å². The fourth-order valence-electron chi connectivity index (χ4n) is 6.19. The first-order valence-electron chi connectivity index (χ1n) is 15.8. The number of nitrogens with zero attached hydrogens (tertiary/aromatic N) is 6. The van der Waals surface area contributed by atoms with Crippen molar-refractivity contribution in [3.05, 3.63) is 105 Å². The first-order chi connectivity index (χ1) is 23.8. The van der Waals surface area contributed by atoms with Crippen LogP contribution in [0.5, 0.6) is 0 Å². The third-order valence-corrected chi connectivity index (χ3v) is 8.92. The summed E-state index contributed by atoms with van der Waals surface area (Å²) in [6.45, 7) is 4.36. The predicted octanol–water partition coefficient (Wildman–Crippen LogP) is 4.67. The number of amides is 2. The van der Waals surface area contributed by atoms with Crippen LogP contribution < -0.4 is 21.8 Å².